The highest BCUT2D eigenvalue weighted by atomic mass is 16.1. The van der Waals surface area contributed by atoms with Crippen molar-refractivity contribution in [1.82, 2.24) is 10.3 Å². The summed E-state index contributed by atoms with van der Waals surface area (Å²) in [5, 5.41) is 3.40. The number of nitrogens with two attached hydrogens (primary N) is 1. The molecule has 0 bridgehead atoms. The standard InChI is InChI=1S/C14H21N3O2/c1-14(2,13(15)19)8-16-10-4-3-5-11-9(10)6-7-12(18)17-11/h6-7,10,16H,3-5,8H2,1-2H3,(H2,15,19)(H,17,18). The summed E-state index contributed by atoms with van der Waals surface area (Å²) < 4.78 is 0. The van der Waals surface area contributed by atoms with E-state index in [4.69, 9.17) is 5.73 Å². The third-order valence-electron chi connectivity index (χ3n) is 3.79. The number of aromatic nitrogens is 1. The van der Waals surface area contributed by atoms with Gasteiger partial charge in [0.25, 0.3) is 0 Å². The molecule has 0 spiro atoms. The summed E-state index contributed by atoms with van der Waals surface area (Å²) in [6.45, 7) is 4.20. The van der Waals surface area contributed by atoms with E-state index in [0.29, 0.717) is 6.54 Å². The molecule has 0 saturated heterocycles. The molecule has 1 atom stereocenters. The molecule has 0 aliphatic heterocycles. The summed E-state index contributed by atoms with van der Waals surface area (Å²) in [5.74, 6) is -0.308. The van der Waals surface area contributed by atoms with Crippen molar-refractivity contribution in [3.05, 3.63) is 33.7 Å². The number of aromatic amines is 1. The van der Waals surface area contributed by atoms with Gasteiger partial charge < -0.3 is 16.0 Å². The topological polar surface area (TPSA) is 88.0 Å². The Morgan fingerprint density at radius 1 is 1.53 bits per heavy atom. The number of fused-ring (bicyclic) bond motifs is 1. The van der Waals surface area contributed by atoms with E-state index in [2.05, 4.69) is 10.3 Å². The molecule has 4 N–H and O–H groups in total. The highest BCUT2D eigenvalue weighted by Crippen LogP contribution is 2.28. The molecule has 1 heterocycles. The maximum Gasteiger partial charge on any atom is 0.248 e. The molecular weight excluding hydrogens is 242 g/mol. The molecule has 104 valence electrons. The van der Waals surface area contributed by atoms with E-state index in [1.807, 2.05) is 19.9 Å². The van der Waals surface area contributed by atoms with E-state index in [1.54, 1.807) is 6.07 Å². The molecule has 0 saturated carbocycles. The monoisotopic (exact) mass is 263 g/mol. The number of amides is 1. The van der Waals surface area contributed by atoms with E-state index in [1.165, 1.54) is 0 Å². The molecule has 1 amide bonds. The number of hydrogen-bond donors (Lipinski definition) is 3. The second-order valence-corrected chi connectivity index (χ2v) is 5.83. The van der Waals surface area contributed by atoms with Crippen molar-refractivity contribution in [2.75, 3.05) is 6.54 Å². The number of nitrogens with one attached hydrogen (secondary N) is 2. The van der Waals surface area contributed by atoms with Crippen LogP contribution in [0.15, 0.2) is 16.9 Å². The van der Waals surface area contributed by atoms with E-state index in [-0.39, 0.29) is 17.5 Å². The first-order chi connectivity index (χ1) is 8.90. The van der Waals surface area contributed by atoms with Crippen molar-refractivity contribution in [2.45, 2.75) is 39.2 Å². The SMILES string of the molecule is CC(C)(CNC1CCCc2[nH]c(=O)ccc21)C(N)=O. The van der Waals surface area contributed by atoms with Crippen molar-refractivity contribution in [3.63, 3.8) is 0 Å². The predicted octanol–water partition coefficient (Wildman–Crippen LogP) is 0.853. The van der Waals surface area contributed by atoms with Crippen LogP contribution in [0.5, 0.6) is 0 Å². The first kappa shape index (κ1) is 13.8. The summed E-state index contributed by atoms with van der Waals surface area (Å²) in [5.41, 5.74) is 6.88. The number of primary amides is 1. The summed E-state index contributed by atoms with van der Waals surface area (Å²) in [7, 11) is 0. The van der Waals surface area contributed by atoms with Gasteiger partial charge in [0, 0.05) is 24.3 Å². The van der Waals surface area contributed by atoms with E-state index in [9.17, 15) is 9.59 Å². The predicted molar refractivity (Wildman–Crippen MR) is 73.7 cm³/mol. The lowest BCUT2D eigenvalue weighted by Gasteiger charge is -2.29. The Bertz CT molecular complexity index is 534. The normalized spacial score (nSPS) is 18.9. The Kier molecular flexibility index (Phi) is 3.75. The van der Waals surface area contributed by atoms with Crippen molar-refractivity contribution >= 4 is 5.91 Å². The van der Waals surface area contributed by atoms with E-state index >= 15 is 0 Å². The Morgan fingerprint density at radius 3 is 2.95 bits per heavy atom. The summed E-state index contributed by atoms with van der Waals surface area (Å²) >= 11 is 0. The van der Waals surface area contributed by atoms with E-state index < -0.39 is 5.41 Å². The average Bonchev–Trinajstić information content (AvgIpc) is 2.35. The van der Waals surface area contributed by atoms with Crippen molar-refractivity contribution < 1.29 is 4.79 Å². The maximum absolute atomic E-state index is 11.3. The molecular formula is C14H21N3O2. The molecule has 1 aromatic heterocycles. The molecule has 1 unspecified atom stereocenters. The third kappa shape index (κ3) is 3.04. The van der Waals surface area contributed by atoms with Gasteiger partial charge in [0.2, 0.25) is 11.5 Å². The molecule has 1 aliphatic rings. The number of carbonyl (C=O) groups is 1. The number of rotatable bonds is 4. The second-order valence-electron chi connectivity index (χ2n) is 5.83. The average molecular weight is 263 g/mol. The number of carbonyl (C=O) groups excluding carboxylic acids is 1. The van der Waals surface area contributed by atoms with Gasteiger partial charge in [-0.3, -0.25) is 9.59 Å². The van der Waals surface area contributed by atoms with Crippen molar-refractivity contribution in [1.29, 1.82) is 0 Å². The fraction of sp³-hybridized carbons (Fsp3) is 0.571. The zero-order chi connectivity index (χ0) is 14.0. The largest absolute Gasteiger partial charge is 0.369 e. The van der Waals surface area contributed by atoms with Gasteiger partial charge in [0.15, 0.2) is 0 Å². The fourth-order valence-corrected chi connectivity index (χ4v) is 2.38. The second kappa shape index (κ2) is 5.17. The number of aryl methyl sites for hydroxylation is 1. The molecule has 0 radical (unpaired) electrons. The van der Waals surface area contributed by atoms with Crippen molar-refractivity contribution in [2.24, 2.45) is 11.1 Å². The van der Waals surface area contributed by atoms with Gasteiger partial charge in [0.05, 0.1) is 5.41 Å². The lowest BCUT2D eigenvalue weighted by atomic mass is 9.88. The van der Waals surface area contributed by atoms with Gasteiger partial charge in [0.1, 0.15) is 0 Å². The van der Waals surface area contributed by atoms with Gasteiger partial charge in [-0.1, -0.05) is 6.07 Å². The minimum Gasteiger partial charge on any atom is -0.369 e. The van der Waals surface area contributed by atoms with Gasteiger partial charge in [-0.25, -0.2) is 0 Å². The smallest absolute Gasteiger partial charge is 0.248 e. The lowest BCUT2D eigenvalue weighted by molar-refractivity contribution is -0.125. The van der Waals surface area contributed by atoms with Crippen molar-refractivity contribution in [3.8, 4) is 0 Å². The van der Waals surface area contributed by atoms with Crippen LogP contribution in [0.1, 0.15) is 44.0 Å². The summed E-state index contributed by atoms with van der Waals surface area (Å²) in [4.78, 5) is 25.5. The van der Waals surface area contributed by atoms with Gasteiger partial charge in [-0.2, -0.15) is 0 Å². The third-order valence-corrected chi connectivity index (χ3v) is 3.79. The van der Waals surface area contributed by atoms with Gasteiger partial charge in [-0.15, -0.1) is 0 Å². The summed E-state index contributed by atoms with van der Waals surface area (Å²) in [6.07, 6.45) is 2.94. The van der Waals surface area contributed by atoms with E-state index in [0.717, 1.165) is 30.5 Å². The van der Waals surface area contributed by atoms with Crippen LogP contribution in [0.2, 0.25) is 0 Å². The highest BCUT2D eigenvalue weighted by Gasteiger charge is 2.27. The van der Waals surface area contributed by atoms with Crippen LogP contribution in [-0.2, 0) is 11.2 Å². The zero-order valence-electron chi connectivity index (χ0n) is 11.5. The molecule has 0 fully saturated rings. The summed E-state index contributed by atoms with van der Waals surface area (Å²) in [6, 6.07) is 3.61. The van der Waals surface area contributed by atoms with Crippen LogP contribution in [0, 0.1) is 5.41 Å². The molecule has 5 heteroatoms. The van der Waals surface area contributed by atoms with Crippen LogP contribution in [0.25, 0.3) is 0 Å². The Morgan fingerprint density at radius 2 is 2.26 bits per heavy atom. The minimum absolute atomic E-state index is 0.0585. The van der Waals surface area contributed by atoms with Crippen LogP contribution in [0.4, 0.5) is 0 Å². The molecule has 1 aromatic rings. The Labute approximate surface area is 112 Å². The van der Waals surface area contributed by atoms with Crippen LogP contribution < -0.4 is 16.6 Å². The molecule has 5 nitrogen and oxygen atoms in total. The fourth-order valence-electron chi connectivity index (χ4n) is 2.38. The molecule has 1 aliphatic carbocycles. The Balaban J connectivity index is 2.12. The quantitative estimate of drug-likeness (QED) is 0.752. The Hall–Kier alpha value is -1.62. The molecule has 0 aromatic carbocycles. The first-order valence-corrected chi connectivity index (χ1v) is 6.65. The number of H-pyrrole nitrogens is 1. The maximum atomic E-state index is 11.3. The molecule has 19 heavy (non-hydrogen) atoms. The lowest BCUT2D eigenvalue weighted by Crippen LogP contribution is -2.42. The minimum atomic E-state index is -0.570. The van der Waals surface area contributed by atoms with Gasteiger partial charge in [-0.05, 0) is 38.7 Å². The van der Waals surface area contributed by atoms with Crippen LogP contribution >= 0.6 is 0 Å². The number of hydrogen-bond acceptors (Lipinski definition) is 3. The van der Waals surface area contributed by atoms with Crippen LogP contribution in [-0.4, -0.2) is 17.4 Å². The first-order valence-electron chi connectivity index (χ1n) is 6.65. The molecule has 2 rings (SSSR count). The van der Waals surface area contributed by atoms with Crippen LogP contribution in [0.3, 0.4) is 0 Å². The number of pyridine rings is 1. The zero-order valence-corrected chi connectivity index (χ0v) is 11.5. The van der Waals surface area contributed by atoms with Gasteiger partial charge >= 0.3 is 0 Å². The highest BCUT2D eigenvalue weighted by molar-refractivity contribution is 5.80.